The zero-order chi connectivity index (χ0) is 17.0. The van der Waals surface area contributed by atoms with Gasteiger partial charge < -0.3 is 0 Å². The first-order chi connectivity index (χ1) is 10.9. The van der Waals surface area contributed by atoms with Crippen molar-refractivity contribution in [2.24, 2.45) is 4.99 Å². The molecule has 0 spiro atoms. The fraction of sp³-hybridized carbons (Fsp3) is 0.316. The number of thioether (sulfide) groups is 1. The molecule has 0 saturated carbocycles. The Kier molecular flexibility index (Phi) is 5.71. The van der Waals surface area contributed by atoms with Gasteiger partial charge >= 0.3 is 0 Å². The lowest BCUT2D eigenvalue weighted by Crippen LogP contribution is -2.26. The van der Waals surface area contributed by atoms with Crippen molar-refractivity contribution in [3.05, 3.63) is 58.8 Å². The molecular formula is C19H24N2S2. The lowest BCUT2D eigenvalue weighted by Gasteiger charge is -2.27. The van der Waals surface area contributed by atoms with Gasteiger partial charge in [0.2, 0.25) is 0 Å². The van der Waals surface area contributed by atoms with Crippen LogP contribution >= 0.6 is 23.1 Å². The van der Waals surface area contributed by atoms with Crippen LogP contribution in [-0.4, -0.2) is 18.5 Å². The lowest BCUT2D eigenvalue weighted by atomic mass is 9.87. The topological polar surface area (TPSA) is 15.6 Å². The summed E-state index contributed by atoms with van der Waals surface area (Å²) in [4.78, 5) is 7.72. The average Bonchev–Trinajstić information content (AvgIpc) is 3.05. The van der Waals surface area contributed by atoms with E-state index >= 15 is 0 Å². The molecule has 2 nitrogen and oxygen atoms in total. The summed E-state index contributed by atoms with van der Waals surface area (Å²) in [6, 6.07) is 12.8. The molecule has 1 aromatic carbocycles. The van der Waals surface area contributed by atoms with Crippen LogP contribution in [0.5, 0.6) is 0 Å². The van der Waals surface area contributed by atoms with E-state index in [9.17, 15) is 0 Å². The maximum absolute atomic E-state index is 4.43. The van der Waals surface area contributed by atoms with Crippen molar-refractivity contribution in [2.75, 3.05) is 18.2 Å². The number of nitrogens with zero attached hydrogens (tertiary/aromatic N) is 2. The molecule has 122 valence electrons. The summed E-state index contributed by atoms with van der Waals surface area (Å²) < 4.78 is 0. The summed E-state index contributed by atoms with van der Waals surface area (Å²) in [6.07, 6.45) is 2.04. The van der Waals surface area contributed by atoms with Gasteiger partial charge in [0.15, 0.2) is 5.17 Å². The normalized spacial score (nSPS) is 12.3. The Labute approximate surface area is 148 Å². The predicted molar refractivity (Wildman–Crippen MR) is 108 cm³/mol. The zero-order valence-corrected chi connectivity index (χ0v) is 16.1. The summed E-state index contributed by atoms with van der Waals surface area (Å²) in [6.45, 7) is 11.0. The molecule has 0 bridgehead atoms. The average molecular weight is 345 g/mol. The van der Waals surface area contributed by atoms with E-state index < -0.39 is 0 Å². The quantitative estimate of drug-likeness (QED) is 0.511. The van der Waals surface area contributed by atoms with E-state index in [1.54, 1.807) is 23.1 Å². The van der Waals surface area contributed by atoms with E-state index in [1.165, 1.54) is 5.56 Å². The Morgan fingerprint density at radius 3 is 2.26 bits per heavy atom. The van der Waals surface area contributed by atoms with Crippen LogP contribution in [0.1, 0.15) is 31.2 Å². The zero-order valence-electron chi connectivity index (χ0n) is 14.5. The molecule has 0 saturated heterocycles. The molecule has 0 N–H and O–H groups in total. The fourth-order valence-electron chi connectivity index (χ4n) is 2.33. The molecule has 0 aliphatic heterocycles. The Morgan fingerprint density at radius 1 is 1.17 bits per heavy atom. The second kappa shape index (κ2) is 7.37. The minimum Gasteiger partial charge on any atom is -0.289 e. The standard InChI is InChI=1S/C19H24N2S2/c1-14(17-8-7-13-23-17)21(18(20-5)22-6)16-11-9-15(10-12-16)19(2,3)4/h7-13H,1H2,2-6H3. The molecule has 0 aliphatic carbocycles. The van der Waals surface area contributed by atoms with Gasteiger partial charge in [-0.15, -0.1) is 11.3 Å². The monoisotopic (exact) mass is 344 g/mol. The molecule has 1 heterocycles. The molecule has 0 atom stereocenters. The largest absolute Gasteiger partial charge is 0.289 e. The third-order valence-corrected chi connectivity index (χ3v) is 5.28. The third-order valence-electron chi connectivity index (χ3n) is 3.63. The second-order valence-electron chi connectivity index (χ2n) is 6.27. The summed E-state index contributed by atoms with van der Waals surface area (Å²) in [5.74, 6) is 0. The van der Waals surface area contributed by atoms with Crippen molar-refractivity contribution in [2.45, 2.75) is 26.2 Å². The molecule has 2 rings (SSSR count). The van der Waals surface area contributed by atoms with E-state index in [1.807, 2.05) is 19.4 Å². The number of hydrogen-bond donors (Lipinski definition) is 0. The van der Waals surface area contributed by atoms with Crippen molar-refractivity contribution < 1.29 is 0 Å². The molecule has 0 fully saturated rings. The summed E-state index contributed by atoms with van der Waals surface area (Å²) >= 11 is 3.32. The van der Waals surface area contributed by atoms with Gasteiger partial charge in [-0.3, -0.25) is 9.89 Å². The van der Waals surface area contributed by atoms with Crippen molar-refractivity contribution >= 4 is 39.7 Å². The minimum atomic E-state index is 0.148. The van der Waals surface area contributed by atoms with Crippen molar-refractivity contribution in [1.29, 1.82) is 0 Å². The van der Waals surface area contributed by atoms with E-state index in [2.05, 4.69) is 73.0 Å². The van der Waals surface area contributed by atoms with Crippen LogP contribution in [0.25, 0.3) is 5.70 Å². The summed E-state index contributed by atoms with van der Waals surface area (Å²) in [5.41, 5.74) is 3.52. The van der Waals surface area contributed by atoms with Crippen LogP contribution in [0.4, 0.5) is 5.69 Å². The van der Waals surface area contributed by atoms with Crippen LogP contribution in [0.2, 0.25) is 0 Å². The number of benzene rings is 1. The Hall–Kier alpha value is -1.52. The van der Waals surface area contributed by atoms with Gasteiger partial charge in [0.1, 0.15) is 0 Å². The SMILES string of the molecule is C=C(c1cccs1)N(C(=NC)SC)c1ccc(C(C)(C)C)cc1. The fourth-order valence-corrected chi connectivity index (χ4v) is 3.60. The molecule has 0 radical (unpaired) electrons. The Balaban J connectivity index is 2.44. The molecule has 0 amide bonds. The van der Waals surface area contributed by atoms with Crippen LogP contribution in [-0.2, 0) is 5.41 Å². The maximum Gasteiger partial charge on any atom is 0.167 e. The van der Waals surface area contributed by atoms with E-state index in [0.29, 0.717) is 0 Å². The van der Waals surface area contributed by atoms with Gasteiger partial charge in [-0.05, 0) is 40.8 Å². The number of rotatable bonds is 3. The van der Waals surface area contributed by atoms with Crippen LogP contribution in [0, 0.1) is 0 Å². The first-order valence-electron chi connectivity index (χ1n) is 7.52. The molecular weight excluding hydrogens is 320 g/mol. The van der Waals surface area contributed by atoms with Crippen molar-refractivity contribution in [1.82, 2.24) is 0 Å². The van der Waals surface area contributed by atoms with Crippen molar-refractivity contribution in [3.8, 4) is 0 Å². The molecule has 4 heteroatoms. The van der Waals surface area contributed by atoms with Crippen LogP contribution < -0.4 is 4.90 Å². The van der Waals surface area contributed by atoms with Gasteiger partial charge in [0, 0.05) is 12.7 Å². The molecule has 23 heavy (non-hydrogen) atoms. The maximum atomic E-state index is 4.43. The smallest absolute Gasteiger partial charge is 0.167 e. The van der Waals surface area contributed by atoms with Gasteiger partial charge in [-0.1, -0.05) is 57.3 Å². The number of amidine groups is 1. The highest BCUT2D eigenvalue weighted by Crippen LogP contribution is 2.32. The van der Waals surface area contributed by atoms with Crippen LogP contribution in [0.15, 0.2) is 53.3 Å². The number of hydrogen-bond acceptors (Lipinski definition) is 3. The molecule has 0 aliphatic rings. The van der Waals surface area contributed by atoms with Gasteiger partial charge in [0.25, 0.3) is 0 Å². The highest BCUT2D eigenvalue weighted by Gasteiger charge is 2.19. The Morgan fingerprint density at radius 2 is 1.83 bits per heavy atom. The van der Waals surface area contributed by atoms with Gasteiger partial charge in [-0.2, -0.15) is 0 Å². The third kappa shape index (κ3) is 4.06. The van der Waals surface area contributed by atoms with Crippen molar-refractivity contribution in [3.63, 3.8) is 0 Å². The first-order valence-corrected chi connectivity index (χ1v) is 9.63. The minimum absolute atomic E-state index is 0.148. The van der Waals surface area contributed by atoms with E-state index in [-0.39, 0.29) is 5.41 Å². The van der Waals surface area contributed by atoms with Gasteiger partial charge in [-0.25, -0.2) is 0 Å². The Bertz CT molecular complexity index is 677. The van der Waals surface area contributed by atoms with E-state index in [0.717, 1.165) is 21.4 Å². The summed E-state index contributed by atoms with van der Waals surface area (Å²) in [5, 5.41) is 3.01. The number of thiophene rings is 1. The first kappa shape index (κ1) is 17.8. The predicted octanol–water partition coefficient (Wildman–Crippen LogP) is 5.87. The number of anilines is 1. The van der Waals surface area contributed by atoms with Gasteiger partial charge in [0.05, 0.1) is 10.6 Å². The molecule has 2 aromatic rings. The lowest BCUT2D eigenvalue weighted by molar-refractivity contribution is 0.590. The van der Waals surface area contributed by atoms with E-state index in [4.69, 9.17) is 0 Å². The highest BCUT2D eigenvalue weighted by molar-refractivity contribution is 8.13. The molecule has 0 unspecified atom stereocenters. The molecule has 1 aromatic heterocycles. The van der Waals surface area contributed by atoms with Crippen LogP contribution in [0.3, 0.4) is 0 Å². The number of aliphatic imine (C=N–C) groups is 1. The second-order valence-corrected chi connectivity index (χ2v) is 7.99. The highest BCUT2D eigenvalue weighted by atomic mass is 32.2. The summed E-state index contributed by atoms with van der Waals surface area (Å²) in [7, 11) is 1.82.